The number of phosphoric ester groups is 1. The molecule has 0 saturated heterocycles. The number of hydrogen-bond acceptors (Lipinski definition) is 10. The predicted molar refractivity (Wildman–Crippen MR) is 106 cm³/mol. The summed E-state index contributed by atoms with van der Waals surface area (Å²) in [5, 5.41) is 38.2. The quantitative estimate of drug-likeness (QED) is 0.0856. The van der Waals surface area contributed by atoms with Crippen LogP contribution in [0.25, 0.3) is 11.2 Å². The molecular weight excluding hydrogens is 459 g/mol. The van der Waals surface area contributed by atoms with E-state index in [0.29, 0.717) is 4.57 Å². The van der Waals surface area contributed by atoms with E-state index in [1.807, 2.05) is 4.98 Å². The van der Waals surface area contributed by atoms with Crippen LogP contribution in [0.5, 0.6) is 0 Å². The molecule has 3 atom stereocenters. The van der Waals surface area contributed by atoms with Crippen molar-refractivity contribution in [2.24, 2.45) is 0 Å². The van der Waals surface area contributed by atoms with Crippen LogP contribution in [0.3, 0.4) is 0 Å². The molecule has 32 heavy (non-hydrogen) atoms. The van der Waals surface area contributed by atoms with E-state index in [0.717, 1.165) is 4.57 Å². The van der Waals surface area contributed by atoms with E-state index in [9.17, 15) is 39.1 Å². The van der Waals surface area contributed by atoms with E-state index in [2.05, 4.69) is 9.51 Å². The van der Waals surface area contributed by atoms with Crippen molar-refractivity contribution in [2.45, 2.75) is 44.2 Å². The van der Waals surface area contributed by atoms with Crippen molar-refractivity contribution < 1.29 is 39.3 Å². The van der Waals surface area contributed by atoms with E-state index >= 15 is 0 Å². The second kappa shape index (κ2) is 10.5. The Kier molecular flexibility index (Phi) is 8.44. The minimum atomic E-state index is -4.68. The molecule has 0 aliphatic rings. The van der Waals surface area contributed by atoms with Gasteiger partial charge in [-0.3, -0.25) is 38.0 Å². The normalized spacial score (nSPS) is 15.1. The van der Waals surface area contributed by atoms with Crippen molar-refractivity contribution in [3.63, 3.8) is 0 Å². The Morgan fingerprint density at radius 1 is 0.938 bits per heavy atom. The maximum atomic E-state index is 12.6. The maximum Gasteiger partial charge on any atom is 0.469 e. The third kappa shape index (κ3) is 6.08. The molecule has 180 valence electrons. The van der Waals surface area contributed by atoms with Gasteiger partial charge in [-0.05, 0) is 12.8 Å². The summed E-state index contributed by atoms with van der Waals surface area (Å²) in [6.45, 7) is -2.32. The highest BCUT2D eigenvalue weighted by Crippen LogP contribution is 2.35. The van der Waals surface area contributed by atoms with Gasteiger partial charge in [0.2, 0.25) is 0 Å². The highest BCUT2D eigenvalue weighted by Gasteiger charge is 2.27. The number of aromatic amines is 2. The van der Waals surface area contributed by atoms with Crippen molar-refractivity contribution in [3.8, 4) is 0 Å². The number of aryl methyl sites for hydroxylation is 1. The van der Waals surface area contributed by atoms with Crippen LogP contribution < -0.4 is 22.4 Å². The van der Waals surface area contributed by atoms with Gasteiger partial charge < -0.3 is 30.2 Å². The molecular formula is C15H23N4O12P. The molecule has 2 aromatic rings. The minimum Gasteiger partial charge on any atom is -0.394 e. The fourth-order valence-electron chi connectivity index (χ4n) is 2.95. The highest BCUT2D eigenvalue weighted by atomic mass is 31.2. The van der Waals surface area contributed by atoms with Crippen LogP contribution in [0.2, 0.25) is 0 Å². The Labute approximate surface area is 177 Å². The molecule has 0 bridgehead atoms. The molecule has 16 nitrogen and oxygen atoms in total. The van der Waals surface area contributed by atoms with Crippen molar-refractivity contribution in [2.75, 3.05) is 13.2 Å². The molecule has 0 saturated carbocycles. The van der Waals surface area contributed by atoms with Crippen LogP contribution in [-0.2, 0) is 22.2 Å². The predicted octanol–water partition coefficient (Wildman–Crippen LogP) is -4.50. The zero-order valence-electron chi connectivity index (χ0n) is 16.4. The third-order valence-electron chi connectivity index (χ3n) is 4.49. The molecule has 8 N–H and O–H groups in total. The average molecular weight is 482 g/mol. The lowest BCUT2D eigenvalue weighted by Gasteiger charge is -2.23. The standard InChI is InChI=1S/C15H23N4O12P/c20-6-8(22)10(23)7(21)5-19-11-9(12(24)17-15(27)16-11)18(13(25)14(19)26)3-1-2-4-31-32(28,29)30/h7-8,10,20-23H,1-6H2,(H2,28,29,30)(H2,16,17,24,27)/t7-,8+,10-/m0/s1. The van der Waals surface area contributed by atoms with Crippen LogP contribution in [0.4, 0.5) is 0 Å². The highest BCUT2D eigenvalue weighted by molar-refractivity contribution is 7.46. The fraction of sp³-hybridized carbons (Fsp3) is 0.600. The van der Waals surface area contributed by atoms with E-state index in [1.165, 1.54) is 0 Å². The summed E-state index contributed by atoms with van der Waals surface area (Å²) in [6.07, 6.45) is -5.42. The molecule has 17 heteroatoms. The lowest BCUT2D eigenvalue weighted by Crippen LogP contribution is -2.48. The number of rotatable bonds is 11. The van der Waals surface area contributed by atoms with Crippen molar-refractivity contribution in [1.82, 2.24) is 19.1 Å². The van der Waals surface area contributed by atoms with Crippen molar-refractivity contribution in [3.05, 3.63) is 41.5 Å². The van der Waals surface area contributed by atoms with Gasteiger partial charge in [-0.2, -0.15) is 0 Å². The van der Waals surface area contributed by atoms with Gasteiger partial charge in [-0.25, -0.2) is 9.36 Å². The number of phosphoric acid groups is 1. The van der Waals surface area contributed by atoms with Crippen LogP contribution in [0, 0.1) is 0 Å². The van der Waals surface area contributed by atoms with Gasteiger partial charge in [0, 0.05) is 6.54 Å². The number of aliphatic hydroxyl groups excluding tert-OH is 4. The summed E-state index contributed by atoms with van der Waals surface area (Å²) < 4.78 is 16.3. The average Bonchev–Trinajstić information content (AvgIpc) is 2.71. The summed E-state index contributed by atoms with van der Waals surface area (Å²) in [7, 11) is -4.68. The first-order valence-corrected chi connectivity index (χ1v) is 10.8. The molecule has 2 rings (SSSR count). The van der Waals surface area contributed by atoms with Gasteiger partial charge >= 0.3 is 24.6 Å². The number of H-pyrrole nitrogens is 2. The fourth-order valence-corrected chi connectivity index (χ4v) is 3.32. The van der Waals surface area contributed by atoms with Gasteiger partial charge in [0.05, 0.1) is 19.8 Å². The van der Waals surface area contributed by atoms with Crippen molar-refractivity contribution >= 4 is 19.0 Å². The van der Waals surface area contributed by atoms with Crippen LogP contribution in [0.15, 0.2) is 19.2 Å². The van der Waals surface area contributed by atoms with Gasteiger partial charge in [-0.15, -0.1) is 0 Å². The molecule has 0 aromatic carbocycles. The van der Waals surface area contributed by atoms with Crippen molar-refractivity contribution in [1.29, 1.82) is 0 Å². The van der Waals surface area contributed by atoms with Gasteiger partial charge in [0.25, 0.3) is 5.56 Å². The number of unbranched alkanes of at least 4 members (excludes halogenated alkanes) is 1. The molecule has 2 aromatic heterocycles. The first-order valence-electron chi connectivity index (χ1n) is 9.22. The molecule has 0 aliphatic carbocycles. The molecule has 0 unspecified atom stereocenters. The summed E-state index contributed by atoms with van der Waals surface area (Å²) >= 11 is 0. The number of nitrogens with one attached hydrogen (secondary N) is 2. The van der Waals surface area contributed by atoms with Gasteiger partial charge in [0.1, 0.15) is 24.0 Å². The molecule has 0 amide bonds. The number of nitrogens with zero attached hydrogens (tertiary/aromatic N) is 2. The molecule has 0 radical (unpaired) electrons. The second-order valence-corrected chi connectivity index (χ2v) is 8.06. The SMILES string of the molecule is O=c1[nH]c(=O)c2c([nH]1)n(C[C@H](O)[C@H](O)[C@H](O)CO)c(=O)c(=O)n2CCCCOP(=O)(O)O. The molecule has 2 heterocycles. The molecule has 0 spiro atoms. The largest absolute Gasteiger partial charge is 0.469 e. The van der Waals surface area contributed by atoms with Crippen LogP contribution in [-0.4, -0.2) is 80.8 Å². The Bertz CT molecular complexity index is 1220. The Morgan fingerprint density at radius 3 is 2.16 bits per heavy atom. The first-order chi connectivity index (χ1) is 14.9. The van der Waals surface area contributed by atoms with Gasteiger partial charge in [-0.1, -0.05) is 0 Å². The maximum absolute atomic E-state index is 12.6. The molecule has 0 aliphatic heterocycles. The van der Waals surface area contributed by atoms with E-state index in [1.54, 1.807) is 0 Å². The summed E-state index contributed by atoms with van der Waals surface area (Å²) in [5.74, 6) is 0. The number of fused-ring (bicyclic) bond motifs is 1. The van der Waals surface area contributed by atoms with Crippen LogP contribution >= 0.6 is 7.82 Å². The van der Waals surface area contributed by atoms with E-state index in [-0.39, 0.29) is 26.0 Å². The first kappa shape index (κ1) is 25.8. The lowest BCUT2D eigenvalue weighted by atomic mass is 10.1. The monoisotopic (exact) mass is 482 g/mol. The summed E-state index contributed by atoms with van der Waals surface area (Å²) in [6, 6.07) is 0. The Hall–Kier alpha value is -2.43. The zero-order valence-corrected chi connectivity index (χ0v) is 17.3. The zero-order chi connectivity index (χ0) is 24.2. The number of hydrogen-bond donors (Lipinski definition) is 8. The Balaban J connectivity index is 2.48. The summed E-state index contributed by atoms with van der Waals surface area (Å²) in [4.78, 5) is 70.7. The van der Waals surface area contributed by atoms with Crippen LogP contribution in [0.1, 0.15) is 12.8 Å². The Morgan fingerprint density at radius 2 is 1.56 bits per heavy atom. The second-order valence-electron chi connectivity index (χ2n) is 6.82. The lowest BCUT2D eigenvalue weighted by molar-refractivity contribution is -0.0806. The summed E-state index contributed by atoms with van der Waals surface area (Å²) in [5.41, 5.74) is -5.42. The van der Waals surface area contributed by atoms with Gasteiger partial charge in [0.15, 0.2) is 5.52 Å². The number of aliphatic hydroxyl groups is 4. The third-order valence-corrected chi connectivity index (χ3v) is 5.01. The topological polar surface area (TPSA) is 257 Å². The smallest absolute Gasteiger partial charge is 0.394 e. The minimum absolute atomic E-state index is 0.0489. The molecule has 0 fully saturated rings. The number of aromatic nitrogens is 4. The van der Waals surface area contributed by atoms with E-state index in [4.69, 9.17) is 14.9 Å². The van der Waals surface area contributed by atoms with E-state index < -0.39 is 72.8 Å².